The van der Waals surface area contributed by atoms with Crippen LogP contribution in [0.1, 0.15) is 23.2 Å². The van der Waals surface area contributed by atoms with E-state index in [0.29, 0.717) is 6.61 Å². The lowest BCUT2D eigenvalue weighted by molar-refractivity contribution is 0.0773. The molecule has 0 saturated carbocycles. The summed E-state index contributed by atoms with van der Waals surface area (Å²) in [6.07, 6.45) is 9.24. The van der Waals surface area contributed by atoms with Crippen LogP contribution < -0.4 is 5.32 Å². The summed E-state index contributed by atoms with van der Waals surface area (Å²) in [6.45, 7) is 0.641. The number of rotatable bonds is 3. The van der Waals surface area contributed by atoms with Crippen LogP contribution in [-0.4, -0.2) is 29.6 Å². The number of terminal acetylenes is 1. The number of carbonyl (C=O) groups excluding carboxylic acids is 1. The lowest BCUT2D eigenvalue weighted by Gasteiger charge is -2.19. The molecule has 1 fully saturated rings. The highest BCUT2D eigenvalue weighted by Crippen LogP contribution is 2.16. The molecular weight excluding hydrogens is 235 g/mol. The van der Waals surface area contributed by atoms with Crippen molar-refractivity contribution in [1.82, 2.24) is 10.3 Å². The van der Waals surface area contributed by atoms with Crippen molar-refractivity contribution in [2.24, 2.45) is 0 Å². The van der Waals surface area contributed by atoms with Gasteiger partial charge in [0.1, 0.15) is 6.04 Å². The van der Waals surface area contributed by atoms with E-state index in [1.807, 2.05) is 0 Å². The Morgan fingerprint density at radius 2 is 2.56 bits per heavy atom. The predicted molar refractivity (Wildman–Crippen MR) is 63.3 cm³/mol. The second-order valence-corrected chi connectivity index (χ2v) is 4.02. The number of halogens is 1. The van der Waals surface area contributed by atoms with E-state index in [1.165, 1.54) is 12.3 Å². The van der Waals surface area contributed by atoms with Crippen LogP contribution in [0.2, 0.25) is 0 Å². The standard InChI is InChI=1S/C13H13FN2O2/c1-2-11(12-4-3-7-18-12)16-13(17)9-5-6-15-8-10(9)14/h1,5-6,8,11-12H,3-4,7H2,(H,16,17)/t11-,12-/m0/s1. The Morgan fingerprint density at radius 1 is 1.72 bits per heavy atom. The van der Waals surface area contributed by atoms with E-state index >= 15 is 0 Å². The molecule has 0 radical (unpaired) electrons. The van der Waals surface area contributed by atoms with Gasteiger partial charge in [0.05, 0.1) is 17.9 Å². The van der Waals surface area contributed by atoms with Crippen molar-refractivity contribution < 1.29 is 13.9 Å². The number of hydrogen-bond acceptors (Lipinski definition) is 3. The fourth-order valence-electron chi connectivity index (χ4n) is 1.89. The minimum Gasteiger partial charge on any atom is -0.375 e. The second-order valence-electron chi connectivity index (χ2n) is 4.02. The lowest BCUT2D eigenvalue weighted by atomic mass is 10.1. The summed E-state index contributed by atoms with van der Waals surface area (Å²) in [5.74, 6) is 1.25. The van der Waals surface area contributed by atoms with Gasteiger partial charge in [-0.3, -0.25) is 9.78 Å². The molecule has 1 N–H and O–H groups in total. The van der Waals surface area contributed by atoms with Gasteiger partial charge in [-0.15, -0.1) is 6.42 Å². The third-order valence-electron chi connectivity index (χ3n) is 2.82. The Morgan fingerprint density at radius 3 is 3.17 bits per heavy atom. The topological polar surface area (TPSA) is 51.2 Å². The van der Waals surface area contributed by atoms with Crippen LogP contribution in [0.4, 0.5) is 4.39 Å². The fourth-order valence-corrected chi connectivity index (χ4v) is 1.89. The molecule has 2 heterocycles. The van der Waals surface area contributed by atoms with E-state index in [0.717, 1.165) is 19.0 Å². The van der Waals surface area contributed by atoms with E-state index in [2.05, 4.69) is 16.2 Å². The molecular formula is C13H13FN2O2. The summed E-state index contributed by atoms with van der Waals surface area (Å²) in [5.41, 5.74) is -0.0664. The molecule has 94 valence electrons. The van der Waals surface area contributed by atoms with Crippen molar-refractivity contribution in [3.8, 4) is 12.3 Å². The van der Waals surface area contributed by atoms with Crippen LogP contribution in [0, 0.1) is 18.2 Å². The van der Waals surface area contributed by atoms with Gasteiger partial charge in [-0.2, -0.15) is 0 Å². The number of aromatic nitrogens is 1. The van der Waals surface area contributed by atoms with Crippen LogP contribution in [-0.2, 0) is 4.74 Å². The molecule has 0 spiro atoms. The molecule has 2 rings (SSSR count). The highest BCUT2D eigenvalue weighted by Gasteiger charge is 2.26. The van der Waals surface area contributed by atoms with Crippen LogP contribution >= 0.6 is 0 Å². The Hall–Kier alpha value is -1.93. The van der Waals surface area contributed by atoms with Crippen LogP contribution in [0.3, 0.4) is 0 Å². The Bertz CT molecular complexity index is 478. The zero-order chi connectivity index (χ0) is 13.0. The van der Waals surface area contributed by atoms with Crippen LogP contribution in [0.25, 0.3) is 0 Å². The van der Waals surface area contributed by atoms with Gasteiger partial charge in [0.15, 0.2) is 5.82 Å². The Kier molecular flexibility index (Phi) is 3.90. The molecule has 18 heavy (non-hydrogen) atoms. The summed E-state index contributed by atoms with van der Waals surface area (Å²) in [5, 5.41) is 2.60. The van der Waals surface area contributed by atoms with E-state index in [-0.39, 0.29) is 11.7 Å². The molecule has 1 aromatic rings. The number of nitrogens with zero attached hydrogens (tertiary/aromatic N) is 1. The van der Waals surface area contributed by atoms with Crippen molar-refractivity contribution in [2.45, 2.75) is 25.0 Å². The molecule has 1 saturated heterocycles. The fraction of sp³-hybridized carbons (Fsp3) is 0.385. The number of ether oxygens (including phenoxy) is 1. The Labute approximate surface area is 105 Å². The zero-order valence-electron chi connectivity index (χ0n) is 9.73. The largest absolute Gasteiger partial charge is 0.375 e. The monoisotopic (exact) mass is 248 g/mol. The highest BCUT2D eigenvalue weighted by atomic mass is 19.1. The molecule has 0 bridgehead atoms. The molecule has 1 aliphatic heterocycles. The van der Waals surface area contributed by atoms with Gasteiger partial charge < -0.3 is 10.1 Å². The van der Waals surface area contributed by atoms with E-state index in [4.69, 9.17) is 11.2 Å². The maximum absolute atomic E-state index is 13.4. The number of hydrogen-bond donors (Lipinski definition) is 1. The minimum atomic E-state index is -0.668. The first-order valence-electron chi connectivity index (χ1n) is 5.70. The van der Waals surface area contributed by atoms with Gasteiger partial charge in [0.2, 0.25) is 0 Å². The van der Waals surface area contributed by atoms with Gasteiger partial charge >= 0.3 is 0 Å². The number of nitrogens with one attached hydrogen (secondary N) is 1. The molecule has 2 atom stereocenters. The van der Waals surface area contributed by atoms with Crippen LogP contribution in [0.5, 0.6) is 0 Å². The zero-order valence-corrected chi connectivity index (χ0v) is 9.73. The first kappa shape index (κ1) is 12.5. The van der Waals surface area contributed by atoms with Crippen molar-refractivity contribution >= 4 is 5.91 Å². The van der Waals surface area contributed by atoms with E-state index in [1.54, 1.807) is 0 Å². The number of amides is 1. The molecule has 5 heteroatoms. The maximum Gasteiger partial charge on any atom is 0.255 e. The number of carbonyl (C=O) groups is 1. The summed E-state index contributed by atoms with van der Waals surface area (Å²) >= 11 is 0. The highest BCUT2D eigenvalue weighted by molar-refractivity contribution is 5.94. The maximum atomic E-state index is 13.4. The molecule has 1 amide bonds. The SMILES string of the molecule is C#C[C@H](NC(=O)c1ccncc1F)[C@@H]1CCCO1. The van der Waals surface area contributed by atoms with Crippen LogP contribution in [0.15, 0.2) is 18.5 Å². The van der Waals surface area contributed by atoms with Crippen molar-refractivity contribution in [3.05, 3.63) is 29.8 Å². The summed E-state index contributed by atoms with van der Waals surface area (Å²) in [7, 11) is 0. The molecule has 0 aliphatic carbocycles. The summed E-state index contributed by atoms with van der Waals surface area (Å²) in [4.78, 5) is 15.4. The molecule has 4 nitrogen and oxygen atoms in total. The first-order valence-corrected chi connectivity index (χ1v) is 5.70. The first-order chi connectivity index (χ1) is 8.72. The Balaban J connectivity index is 2.06. The second kappa shape index (κ2) is 5.61. The van der Waals surface area contributed by atoms with Gasteiger partial charge in [0.25, 0.3) is 5.91 Å². The third-order valence-corrected chi connectivity index (χ3v) is 2.82. The quantitative estimate of drug-likeness (QED) is 0.816. The van der Waals surface area contributed by atoms with Gasteiger partial charge in [-0.25, -0.2) is 4.39 Å². The predicted octanol–water partition coefficient (Wildman–Crippen LogP) is 1.13. The van der Waals surface area contributed by atoms with Gasteiger partial charge in [-0.05, 0) is 18.9 Å². The van der Waals surface area contributed by atoms with E-state index in [9.17, 15) is 9.18 Å². The molecule has 1 aromatic heterocycles. The van der Waals surface area contributed by atoms with Crippen molar-refractivity contribution in [1.29, 1.82) is 0 Å². The lowest BCUT2D eigenvalue weighted by Crippen LogP contribution is -2.42. The average molecular weight is 248 g/mol. The number of pyridine rings is 1. The van der Waals surface area contributed by atoms with E-state index < -0.39 is 17.8 Å². The normalized spacial score (nSPS) is 20.1. The molecule has 1 aliphatic rings. The summed E-state index contributed by atoms with van der Waals surface area (Å²) < 4.78 is 18.8. The molecule has 0 aromatic carbocycles. The minimum absolute atomic E-state index is 0.0664. The van der Waals surface area contributed by atoms with Crippen molar-refractivity contribution in [3.63, 3.8) is 0 Å². The van der Waals surface area contributed by atoms with Gasteiger partial charge in [-0.1, -0.05) is 5.92 Å². The molecule has 0 unspecified atom stereocenters. The summed E-state index contributed by atoms with van der Waals surface area (Å²) in [6, 6.07) is 0.779. The van der Waals surface area contributed by atoms with Gasteiger partial charge in [0, 0.05) is 12.8 Å². The van der Waals surface area contributed by atoms with Crippen molar-refractivity contribution in [2.75, 3.05) is 6.61 Å². The smallest absolute Gasteiger partial charge is 0.255 e. The third kappa shape index (κ3) is 2.66. The average Bonchev–Trinajstić information content (AvgIpc) is 2.90.